The molecule has 2 heterocycles. The number of benzene rings is 1. The number of hydrogen-bond acceptors (Lipinski definition) is 3. The van der Waals surface area contributed by atoms with Gasteiger partial charge in [-0.3, -0.25) is 0 Å². The van der Waals surface area contributed by atoms with Gasteiger partial charge in [-0.1, -0.05) is 18.2 Å². The van der Waals surface area contributed by atoms with Crippen LogP contribution in [0.3, 0.4) is 0 Å². The average Bonchev–Trinajstić information content (AvgIpc) is 2.94. The number of rotatable bonds is 2. The third-order valence-electron chi connectivity index (χ3n) is 3.12. The van der Waals surface area contributed by atoms with E-state index in [9.17, 15) is 0 Å². The van der Waals surface area contributed by atoms with Crippen LogP contribution in [0.15, 0.2) is 40.2 Å². The molecule has 0 fully saturated rings. The fraction of sp³-hybridized carbons (Fsp3) is 0.231. The summed E-state index contributed by atoms with van der Waals surface area (Å²) in [5.74, 6) is 1.22. The monoisotopic (exact) mass is 309 g/mol. The molecule has 0 aliphatic carbocycles. The van der Waals surface area contributed by atoms with Crippen molar-refractivity contribution >= 4 is 27.3 Å². The minimum absolute atomic E-state index is 0.00646. The molecule has 0 radical (unpaired) electrons. The molecule has 0 bridgehead atoms. The first kappa shape index (κ1) is 11.3. The Morgan fingerprint density at radius 2 is 2.18 bits per heavy atom. The Morgan fingerprint density at radius 1 is 1.35 bits per heavy atom. The summed E-state index contributed by atoms with van der Waals surface area (Å²) in [6, 6.07) is 10.2. The third-order valence-corrected chi connectivity index (χ3v) is 5.09. The van der Waals surface area contributed by atoms with Crippen molar-refractivity contribution in [2.45, 2.75) is 12.0 Å². The van der Waals surface area contributed by atoms with Gasteiger partial charge >= 0.3 is 0 Å². The molecule has 3 rings (SSSR count). The number of fused-ring (bicyclic) bond motifs is 1. The second-order valence-corrected chi connectivity index (χ2v) is 5.92. The largest absolute Gasteiger partial charge is 0.493 e. The summed E-state index contributed by atoms with van der Waals surface area (Å²) in [6.45, 7) is 0.671. The van der Waals surface area contributed by atoms with Gasteiger partial charge in [-0.05, 0) is 33.4 Å². The summed E-state index contributed by atoms with van der Waals surface area (Å²) in [4.78, 5) is 1.19. The van der Waals surface area contributed by atoms with E-state index in [1.54, 1.807) is 11.3 Å². The highest BCUT2D eigenvalue weighted by atomic mass is 79.9. The second-order valence-electron chi connectivity index (χ2n) is 4.11. The van der Waals surface area contributed by atoms with Gasteiger partial charge < -0.3 is 10.5 Å². The summed E-state index contributed by atoms with van der Waals surface area (Å²) in [5, 5.41) is 2.06. The minimum atomic E-state index is -0.00646. The van der Waals surface area contributed by atoms with Crippen molar-refractivity contribution in [1.29, 1.82) is 0 Å². The molecule has 17 heavy (non-hydrogen) atoms. The lowest BCUT2D eigenvalue weighted by Crippen LogP contribution is -2.20. The lowest BCUT2D eigenvalue weighted by Gasteiger charge is -2.17. The Kier molecular flexibility index (Phi) is 2.94. The van der Waals surface area contributed by atoms with Crippen LogP contribution in [0.5, 0.6) is 5.75 Å². The van der Waals surface area contributed by atoms with Crippen LogP contribution < -0.4 is 10.5 Å². The highest BCUT2D eigenvalue weighted by Crippen LogP contribution is 2.42. The molecule has 0 spiro atoms. The molecular weight excluding hydrogens is 298 g/mol. The summed E-state index contributed by atoms with van der Waals surface area (Å²) in [6.07, 6.45) is 0. The molecule has 1 aliphatic rings. The molecule has 4 heteroatoms. The van der Waals surface area contributed by atoms with E-state index >= 15 is 0 Å². The smallest absolute Gasteiger partial charge is 0.122 e. The quantitative estimate of drug-likeness (QED) is 0.918. The summed E-state index contributed by atoms with van der Waals surface area (Å²) in [5.41, 5.74) is 7.58. The zero-order valence-corrected chi connectivity index (χ0v) is 11.5. The second kappa shape index (κ2) is 4.44. The standard InChI is InChI=1S/C13H12BrNOS/c14-10-5-6-17-13(10)12(15)9-7-16-11-4-2-1-3-8(9)11/h1-6,9,12H,7,15H2. The maximum Gasteiger partial charge on any atom is 0.122 e. The molecule has 0 amide bonds. The van der Waals surface area contributed by atoms with Crippen molar-refractivity contribution < 1.29 is 4.74 Å². The van der Waals surface area contributed by atoms with Gasteiger partial charge in [-0.25, -0.2) is 0 Å². The maximum absolute atomic E-state index is 6.36. The fourth-order valence-electron chi connectivity index (χ4n) is 2.21. The molecule has 1 aromatic heterocycles. The molecule has 0 saturated heterocycles. The van der Waals surface area contributed by atoms with E-state index < -0.39 is 0 Å². The Bertz CT molecular complexity index is 540. The van der Waals surface area contributed by atoms with Crippen molar-refractivity contribution in [3.8, 4) is 5.75 Å². The van der Waals surface area contributed by atoms with Gasteiger partial charge in [-0.2, -0.15) is 0 Å². The summed E-state index contributed by atoms with van der Waals surface area (Å²) >= 11 is 5.24. The molecular formula is C13H12BrNOS. The molecule has 88 valence electrons. The van der Waals surface area contributed by atoms with Crippen molar-refractivity contribution in [3.63, 3.8) is 0 Å². The lowest BCUT2D eigenvalue weighted by atomic mass is 9.93. The number of halogens is 1. The predicted molar refractivity (Wildman–Crippen MR) is 73.6 cm³/mol. The summed E-state index contributed by atoms with van der Waals surface area (Å²) < 4.78 is 6.78. The van der Waals surface area contributed by atoms with E-state index in [1.165, 1.54) is 10.4 Å². The average molecular weight is 310 g/mol. The van der Waals surface area contributed by atoms with Gasteiger partial charge in [0.25, 0.3) is 0 Å². The number of thiophene rings is 1. The fourth-order valence-corrected chi connectivity index (χ4v) is 3.92. The van der Waals surface area contributed by atoms with Crippen LogP contribution in [0.4, 0.5) is 0 Å². The van der Waals surface area contributed by atoms with Crippen LogP contribution in [-0.4, -0.2) is 6.61 Å². The Hall–Kier alpha value is -0.840. The highest BCUT2D eigenvalue weighted by Gasteiger charge is 2.31. The van der Waals surface area contributed by atoms with E-state index in [1.807, 2.05) is 24.3 Å². The van der Waals surface area contributed by atoms with Crippen LogP contribution in [0.2, 0.25) is 0 Å². The van der Waals surface area contributed by atoms with Crippen LogP contribution in [0.25, 0.3) is 0 Å². The van der Waals surface area contributed by atoms with Crippen LogP contribution in [-0.2, 0) is 0 Å². The van der Waals surface area contributed by atoms with Crippen LogP contribution in [0, 0.1) is 0 Å². The number of para-hydroxylation sites is 1. The molecule has 2 aromatic rings. The molecule has 1 aromatic carbocycles. The number of ether oxygens (including phenoxy) is 1. The molecule has 2 unspecified atom stereocenters. The molecule has 1 aliphatic heterocycles. The topological polar surface area (TPSA) is 35.2 Å². The first-order valence-corrected chi connectivity index (χ1v) is 7.15. The minimum Gasteiger partial charge on any atom is -0.493 e. The van der Waals surface area contributed by atoms with Crippen molar-refractivity contribution in [1.82, 2.24) is 0 Å². The Balaban J connectivity index is 1.95. The van der Waals surface area contributed by atoms with E-state index in [0.717, 1.165) is 10.2 Å². The van der Waals surface area contributed by atoms with E-state index in [-0.39, 0.29) is 12.0 Å². The third kappa shape index (κ3) is 1.90. The van der Waals surface area contributed by atoms with Gasteiger partial charge in [0.05, 0.1) is 12.6 Å². The first-order chi connectivity index (χ1) is 8.27. The molecule has 2 atom stereocenters. The maximum atomic E-state index is 6.36. The molecule has 2 N–H and O–H groups in total. The Labute approximate surface area is 113 Å². The van der Waals surface area contributed by atoms with Crippen molar-refractivity contribution in [2.75, 3.05) is 6.61 Å². The highest BCUT2D eigenvalue weighted by molar-refractivity contribution is 9.10. The number of nitrogens with two attached hydrogens (primary N) is 1. The van der Waals surface area contributed by atoms with Gasteiger partial charge in [-0.15, -0.1) is 11.3 Å². The van der Waals surface area contributed by atoms with Gasteiger partial charge in [0.15, 0.2) is 0 Å². The zero-order chi connectivity index (χ0) is 11.8. The summed E-state index contributed by atoms with van der Waals surface area (Å²) in [7, 11) is 0. The van der Waals surface area contributed by atoms with Gasteiger partial charge in [0.1, 0.15) is 5.75 Å². The van der Waals surface area contributed by atoms with Gasteiger partial charge in [0, 0.05) is 20.8 Å². The first-order valence-electron chi connectivity index (χ1n) is 5.47. The van der Waals surface area contributed by atoms with E-state index in [4.69, 9.17) is 10.5 Å². The van der Waals surface area contributed by atoms with Crippen LogP contribution >= 0.6 is 27.3 Å². The normalized spacial score (nSPS) is 19.8. The van der Waals surface area contributed by atoms with Crippen molar-refractivity contribution in [2.24, 2.45) is 5.73 Å². The number of hydrogen-bond donors (Lipinski definition) is 1. The zero-order valence-electron chi connectivity index (χ0n) is 9.10. The van der Waals surface area contributed by atoms with Crippen LogP contribution in [0.1, 0.15) is 22.4 Å². The molecule has 2 nitrogen and oxygen atoms in total. The van der Waals surface area contributed by atoms with Gasteiger partial charge in [0.2, 0.25) is 0 Å². The predicted octanol–water partition coefficient (Wildman–Crippen LogP) is 3.69. The SMILES string of the molecule is NC(c1sccc1Br)C1COc2ccccc21. The molecule has 0 saturated carbocycles. The van der Waals surface area contributed by atoms with E-state index in [0.29, 0.717) is 6.61 Å². The van der Waals surface area contributed by atoms with E-state index in [2.05, 4.69) is 27.4 Å². The Morgan fingerprint density at radius 3 is 2.94 bits per heavy atom. The lowest BCUT2D eigenvalue weighted by molar-refractivity contribution is 0.316. The van der Waals surface area contributed by atoms with Crippen molar-refractivity contribution in [3.05, 3.63) is 50.6 Å².